The summed E-state index contributed by atoms with van der Waals surface area (Å²) in [5.74, 6) is 0.601. The second-order valence-corrected chi connectivity index (χ2v) is 3.84. The Morgan fingerprint density at radius 1 is 1.38 bits per heavy atom. The topological polar surface area (TPSA) is 0 Å². The largest absolute Gasteiger partial charge is 0.0952 e. The highest BCUT2D eigenvalue weighted by molar-refractivity contribution is 5.42. The molecule has 0 saturated carbocycles. The Kier molecular flexibility index (Phi) is 3.53. The quantitative estimate of drug-likeness (QED) is 0.603. The normalized spacial score (nSPS) is 22.7. The maximum absolute atomic E-state index is 4.11. The smallest absolute Gasteiger partial charge is 0.00180 e. The molecule has 0 N–H and O–H groups in total. The monoisotopic (exact) mass is 176 g/mol. The number of rotatable bonds is 3. The van der Waals surface area contributed by atoms with Crippen molar-refractivity contribution < 1.29 is 0 Å². The summed E-state index contributed by atoms with van der Waals surface area (Å²) in [6.45, 7) is 10.8. The molecule has 0 saturated heterocycles. The molecule has 0 heteroatoms. The SMILES string of the molecule is C=C1C=C(C)C(CC)=CC1CCC. The van der Waals surface area contributed by atoms with Crippen molar-refractivity contribution in [1.82, 2.24) is 0 Å². The average molecular weight is 176 g/mol. The third-order valence-electron chi connectivity index (χ3n) is 2.77. The van der Waals surface area contributed by atoms with E-state index in [4.69, 9.17) is 0 Å². The van der Waals surface area contributed by atoms with Gasteiger partial charge in [0.25, 0.3) is 0 Å². The maximum Gasteiger partial charge on any atom is 0.00180 e. The van der Waals surface area contributed by atoms with Crippen molar-refractivity contribution in [2.45, 2.75) is 40.0 Å². The average Bonchev–Trinajstić information content (AvgIpc) is 2.10. The highest BCUT2D eigenvalue weighted by atomic mass is 14.2. The van der Waals surface area contributed by atoms with Gasteiger partial charge in [-0.15, -0.1) is 0 Å². The Balaban J connectivity index is 2.81. The molecule has 72 valence electrons. The van der Waals surface area contributed by atoms with E-state index in [1.807, 2.05) is 0 Å². The summed E-state index contributed by atoms with van der Waals surface area (Å²) < 4.78 is 0. The fourth-order valence-corrected chi connectivity index (χ4v) is 1.94. The molecule has 1 atom stereocenters. The standard InChI is InChI=1S/C13H20/c1-5-7-13-9-12(6-2)10(3)8-11(13)4/h8-9,13H,4-7H2,1-3H3. The van der Waals surface area contributed by atoms with Crippen LogP contribution in [0, 0.1) is 5.92 Å². The van der Waals surface area contributed by atoms with Crippen LogP contribution >= 0.6 is 0 Å². The minimum absolute atomic E-state index is 0.601. The first-order valence-electron chi connectivity index (χ1n) is 5.27. The Labute approximate surface area is 82.0 Å². The zero-order valence-electron chi connectivity index (χ0n) is 9.06. The van der Waals surface area contributed by atoms with Gasteiger partial charge in [0.2, 0.25) is 0 Å². The lowest BCUT2D eigenvalue weighted by atomic mass is 9.84. The zero-order valence-corrected chi connectivity index (χ0v) is 9.06. The molecule has 0 radical (unpaired) electrons. The molecule has 0 nitrogen and oxygen atoms in total. The molecular formula is C13H20. The van der Waals surface area contributed by atoms with E-state index < -0.39 is 0 Å². The molecule has 1 rings (SSSR count). The highest BCUT2D eigenvalue weighted by Gasteiger charge is 2.14. The Bertz CT molecular complexity index is 253. The van der Waals surface area contributed by atoms with Crippen molar-refractivity contribution in [2.24, 2.45) is 5.92 Å². The van der Waals surface area contributed by atoms with Crippen molar-refractivity contribution in [3.05, 3.63) is 35.5 Å². The molecule has 0 bridgehead atoms. The van der Waals surface area contributed by atoms with Crippen LogP contribution in [0.5, 0.6) is 0 Å². The first kappa shape index (κ1) is 10.3. The lowest BCUT2D eigenvalue weighted by Gasteiger charge is -2.21. The van der Waals surface area contributed by atoms with Gasteiger partial charge in [-0.1, -0.05) is 39.0 Å². The van der Waals surface area contributed by atoms with Gasteiger partial charge in [-0.3, -0.25) is 0 Å². The summed E-state index contributed by atoms with van der Waals surface area (Å²) in [5.41, 5.74) is 4.20. The molecule has 0 aliphatic heterocycles. The Morgan fingerprint density at radius 3 is 2.62 bits per heavy atom. The fourth-order valence-electron chi connectivity index (χ4n) is 1.94. The van der Waals surface area contributed by atoms with Gasteiger partial charge in [0.1, 0.15) is 0 Å². The first-order chi connectivity index (χ1) is 6.19. The third kappa shape index (κ3) is 2.33. The van der Waals surface area contributed by atoms with Crippen LogP contribution in [0.3, 0.4) is 0 Å². The lowest BCUT2D eigenvalue weighted by molar-refractivity contribution is 0.659. The van der Waals surface area contributed by atoms with Gasteiger partial charge >= 0.3 is 0 Å². The molecule has 0 amide bonds. The van der Waals surface area contributed by atoms with Crippen molar-refractivity contribution in [2.75, 3.05) is 0 Å². The van der Waals surface area contributed by atoms with E-state index in [0.717, 1.165) is 6.42 Å². The van der Waals surface area contributed by atoms with Crippen LogP contribution in [0.4, 0.5) is 0 Å². The van der Waals surface area contributed by atoms with Crippen LogP contribution in [0.2, 0.25) is 0 Å². The van der Waals surface area contributed by atoms with Crippen LogP contribution in [-0.4, -0.2) is 0 Å². The van der Waals surface area contributed by atoms with Crippen molar-refractivity contribution in [3.8, 4) is 0 Å². The predicted octanol–water partition coefficient (Wildman–Crippen LogP) is 4.26. The van der Waals surface area contributed by atoms with E-state index in [1.54, 1.807) is 0 Å². The van der Waals surface area contributed by atoms with Gasteiger partial charge in [-0.05, 0) is 36.5 Å². The molecule has 1 unspecified atom stereocenters. The molecular weight excluding hydrogens is 156 g/mol. The minimum atomic E-state index is 0.601. The number of allylic oxidation sites excluding steroid dienone is 5. The minimum Gasteiger partial charge on any atom is -0.0952 e. The predicted molar refractivity (Wildman–Crippen MR) is 59.7 cm³/mol. The van der Waals surface area contributed by atoms with Crippen LogP contribution < -0.4 is 0 Å². The van der Waals surface area contributed by atoms with Gasteiger partial charge in [0.05, 0.1) is 0 Å². The Morgan fingerprint density at radius 2 is 2.08 bits per heavy atom. The van der Waals surface area contributed by atoms with E-state index in [0.29, 0.717) is 5.92 Å². The molecule has 0 aromatic rings. The van der Waals surface area contributed by atoms with E-state index >= 15 is 0 Å². The van der Waals surface area contributed by atoms with Gasteiger partial charge in [-0.2, -0.15) is 0 Å². The van der Waals surface area contributed by atoms with Crippen LogP contribution in [-0.2, 0) is 0 Å². The van der Waals surface area contributed by atoms with Gasteiger partial charge in [0.15, 0.2) is 0 Å². The summed E-state index contributed by atoms with van der Waals surface area (Å²) in [4.78, 5) is 0. The lowest BCUT2D eigenvalue weighted by Crippen LogP contribution is -2.05. The molecule has 1 aliphatic carbocycles. The molecule has 0 spiro atoms. The first-order valence-corrected chi connectivity index (χ1v) is 5.27. The second kappa shape index (κ2) is 4.45. The van der Waals surface area contributed by atoms with Gasteiger partial charge in [-0.25, -0.2) is 0 Å². The van der Waals surface area contributed by atoms with E-state index in [2.05, 4.69) is 39.5 Å². The third-order valence-corrected chi connectivity index (χ3v) is 2.77. The van der Waals surface area contributed by atoms with E-state index in [1.165, 1.54) is 29.6 Å². The molecule has 1 aliphatic rings. The molecule has 0 aromatic heterocycles. The molecule has 0 heterocycles. The summed E-state index contributed by atoms with van der Waals surface area (Å²) in [5, 5.41) is 0. The van der Waals surface area contributed by atoms with E-state index in [-0.39, 0.29) is 0 Å². The van der Waals surface area contributed by atoms with Crippen LogP contribution in [0.1, 0.15) is 40.0 Å². The molecule has 13 heavy (non-hydrogen) atoms. The van der Waals surface area contributed by atoms with Crippen LogP contribution in [0.25, 0.3) is 0 Å². The summed E-state index contributed by atoms with van der Waals surface area (Å²) in [7, 11) is 0. The highest BCUT2D eigenvalue weighted by Crippen LogP contribution is 2.30. The van der Waals surface area contributed by atoms with E-state index in [9.17, 15) is 0 Å². The van der Waals surface area contributed by atoms with Crippen molar-refractivity contribution in [3.63, 3.8) is 0 Å². The molecule has 0 aromatic carbocycles. The Hall–Kier alpha value is -0.780. The summed E-state index contributed by atoms with van der Waals surface area (Å²) in [6.07, 6.45) is 8.28. The second-order valence-electron chi connectivity index (χ2n) is 3.84. The number of hydrogen-bond acceptors (Lipinski definition) is 0. The van der Waals surface area contributed by atoms with Crippen molar-refractivity contribution in [1.29, 1.82) is 0 Å². The van der Waals surface area contributed by atoms with Gasteiger partial charge < -0.3 is 0 Å². The zero-order chi connectivity index (χ0) is 9.84. The van der Waals surface area contributed by atoms with Crippen LogP contribution in [0.15, 0.2) is 35.5 Å². The number of hydrogen-bond donors (Lipinski definition) is 0. The van der Waals surface area contributed by atoms with Gasteiger partial charge in [0, 0.05) is 5.92 Å². The summed E-state index contributed by atoms with van der Waals surface area (Å²) >= 11 is 0. The summed E-state index contributed by atoms with van der Waals surface area (Å²) in [6, 6.07) is 0. The fraction of sp³-hybridized carbons (Fsp3) is 0.538. The molecule has 0 fully saturated rings. The maximum atomic E-state index is 4.11. The van der Waals surface area contributed by atoms with Crippen molar-refractivity contribution >= 4 is 0 Å².